The number of unbranched alkanes of at least 4 members (excludes halogenated alkanes) is 14. The van der Waals surface area contributed by atoms with Gasteiger partial charge in [-0.15, -0.1) is 0 Å². The second-order valence-corrected chi connectivity index (χ2v) is 8.67. The molecule has 176 valence electrons. The van der Waals surface area contributed by atoms with Crippen LogP contribution in [0.5, 0.6) is 0 Å². The van der Waals surface area contributed by atoms with E-state index >= 15 is 0 Å². The first-order chi connectivity index (χ1) is 14.0. The lowest BCUT2D eigenvalue weighted by atomic mass is 10.1. The average Bonchev–Trinajstić information content (AvgIpc) is 2.70. The zero-order valence-corrected chi connectivity index (χ0v) is 20.2. The molecule has 0 rings (SSSR count). The van der Waals surface area contributed by atoms with Gasteiger partial charge in [0.15, 0.2) is 0 Å². The van der Waals surface area contributed by atoms with Crippen LogP contribution in [0, 0.1) is 5.92 Å². The van der Waals surface area contributed by atoms with Crippen molar-refractivity contribution in [2.24, 2.45) is 11.7 Å². The Morgan fingerprint density at radius 2 is 1.00 bits per heavy atom. The number of aliphatic carboxylic acids is 1. The van der Waals surface area contributed by atoms with Crippen LogP contribution in [0.4, 0.5) is 0 Å². The van der Waals surface area contributed by atoms with E-state index in [0.29, 0.717) is 0 Å². The number of carboxylic acids is 1. The van der Waals surface area contributed by atoms with Crippen molar-refractivity contribution in [2.45, 2.75) is 136 Å². The molecule has 0 spiro atoms. The number of hydrogen-bond acceptors (Lipinski definition) is 3. The van der Waals surface area contributed by atoms with Crippen molar-refractivity contribution >= 4 is 5.97 Å². The smallest absolute Gasteiger partial charge is 0.320 e. The standard InChI is InChI=1S/C20H42O.C5H11NO2/c1-3-5-7-9-11-13-15-17-19-21-20-18-16-14-12-10-8-6-4-2;1-3(2)4(6)5(7)8/h3-20H2,1-2H3;3-4H,6H2,1-2H3,(H,7,8)/t;4-/m.0/s1. The highest BCUT2D eigenvalue weighted by Gasteiger charge is 2.14. The van der Waals surface area contributed by atoms with Gasteiger partial charge in [0.25, 0.3) is 0 Å². The Balaban J connectivity index is 0. The maximum absolute atomic E-state index is 10.0. The summed E-state index contributed by atoms with van der Waals surface area (Å²) in [5.41, 5.74) is 5.16. The van der Waals surface area contributed by atoms with Crippen molar-refractivity contribution in [1.82, 2.24) is 0 Å². The van der Waals surface area contributed by atoms with Gasteiger partial charge in [-0.05, 0) is 18.8 Å². The van der Waals surface area contributed by atoms with E-state index in [2.05, 4.69) is 13.8 Å². The van der Waals surface area contributed by atoms with Gasteiger partial charge in [0.1, 0.15) is 6.04 Å². The maximum Gasteiger partial charge on any atom is 0.320 e. The molecule has 0 saturated carbocycles. The van der Waals surface area contributed by atoms with Crippen LogP contribution < -0.4 is 5.73 Å². The summed E-state index contributed by atoms with van der Waals surface area (Å²) in [6, 6.07) is -0.713. The van der Waals surface area contributed by atoms with E-state index in [9.17, 15) is 4.79 Å². The average molecular weight is 416 g/mol. The van der Waals surface area contributed by atoms with E-state index in [1.807, 2.05) is 0 Å². The molecule has 4 heteroatoms. The second-order valence-electron chi connectivity index (χ2n) is 8.67. The van der Waals surface area contributed by atoms with Crippen molar-refractivity contribution in [1.29, 1.82) is 0 Å². The summed E-state index contributed by atoms with van der Waals surface area (Å²) in [5, 5.41) is 8.23. The topological polar surface area (TPSA) is 72.6 Å². The normalized spacial score (nSPS) is 11.9. The van der Waals surface area contributed by atoms with Crippen LogP contribution in [0.3, 0.4) is 0 Å². The van der Waals surface area contributed by atoms with Gasteiger partial charge >= 0.3 is 5.97 Å². The molecule has 0 aromatic carbocycles. The SMILES string of the molecule is CC(C)[C@H](N)C(=O)O.CCCCCCCCCCOCCCCCCCCCC. The zero-order chi connectivity index (χ0) is 22.2. The first-order valence-electron chi connectivity index (χ1n) is 12.5. The highest BCUT2D eigenvalue weighted by molar-refractivity contribution is 5.73. The quantitative estimate of drug-likeness (QED) is 0.204. The number of nitrogens with two attached hydrogens (primary N) is 1. The van der Waals surface area contributed by atoms with Crippen molar-refractivity contribution in [3.63, 3.8) is 0 Å². The molecule has 29 heavy (non-hydrogen) atoms. The fourth-order valence-corrected chi connectivity index (χ4v) is 3.06. The molecule has 0 unspecified atom stereocenters. The molecule has 0 bridgehead atoms. The summed E-state index contributed by atoms with van der Waals surface area (Å²) in [6.45, 7) is 10.1. The van der Waals surface area contributed by atoms with Gasteiger partial charge in [0, 0.05) is 13.2 Å². The summed E-state index contributed by atoms with van der Waals surface area (Å²) >= 11 is 0. The van der Waals surface area contributed by atoms with Gasteiger partial charge < -0.3 is 15.6 Å². The molecule has 0 heterocycles. The molecule has 0 amide bonds. The molecule has 0 saturated heterocycles. The lowest BCUT2D eigenvalue weighted by molar-refractivity contribution is -0.139. The Hall–Kier alpha value is -0.610. The van der Waals surface area contributed by atoms with Crippen molar-refractivity contribution in [3.8, 4) is 0 Å². The number of hydrogen-bond donors (Lipinski definition) is 2. The molecule has 0 aliphatic heterocycles. The lowest BCUT2D eigenvalue weighted by Gasteiger charge is -2.07. The Labute approximate surface area is 182 Å². The molecule has 0 aliphatic carbocycles. The zero-order valence-electron chi connectivity index (χ0n) is 20.2. The van der Waals surface area contributed by atoms with E-state index < -0.39 is 12.0 Å². The fourth-order valence-electron chi connectivity index (χ4n) is 3.06. The van der Waals surface area contributed by atoms with Crippen molar-refractivity contribution in [3.05, 3.63) is 0 Å². The van der Waals surface area contributed by atoms with Crippen LogP contribution >= 0.6 is 0 Å². The molecule has 0 aliphatic rings. The largest absolute Gasteiger partial charge is 0.480 e. The Morgan fingerprint density at radius 1 is 0.690 bits per heavy atom. The van der Waals surface area contributed by atoms with Gasteiger partial charge in [0.05, 0.1) is 0 Å². The first-order valence-corrected chi connectivity index (χ1v) is 12.5. The van der Waals surface area contributed by atoms with Crippen LogP contribution in [0.15, 0.2) is 0 Å². The minimum atomic E-state index is -0.931. The molecule has 4 nitrogen and oxygen atoms in total. The van der Waals surface area contributed by atoms with Gasteiger partial charge in [0.2, 0.25) is 0 Å². The monoisotopic (exact) mass is 415 g/mol. The molecule has 0 aromatic heterocycles. The third kappa shape index (κ3) is 27.4. The second kappa shape index (κ2) is 25.4. The van der Waals surface area contributed by atoms with E-state index in [4.69, 9.17) is 15.6 Å². The van der Waals surface area contributed by atoms with E-state index in [1.54, 1.807) is 13.8 Å². The number of carboxylic acid groups (broad SMARTS) is 1. The molecule has 3 N–H and O–H groups in total. The minimum Gasteiger partial charge on any atom is -0.480 e. The van der Waals surface area contributed by atoms with Gasteiger partial charge in [-0.3, -0.25) is 4.79 Å². The van der Waals surface area contributed by atoms with E-state index in [0.717, 1.165) is 13.2 Å². The Bertz CT molecular complexity index is 303. The Morgan fingerprint density at radius 3 is 1.24 bits per heavy atom. The molecule has 1 atom stereocenters. The molecule has 0 fully saturated rings. The number of ether oxygens (including phenoxy) is 1. The number of rotatable bonds is 20. The summed E-state index contributed by atoms with van der Waals surface area (Å²) in [4.78, 5) is 10.0. The molecule has 0 radical (unpaired) electrons. The third-order valence-corrected chi connectivity index (χ3v) is 5.29. The summed E-state index contributed by atoms with van der Waals surface area (Å²) in [5.74, 6) is -0.910. The van der Waals surface area contributed by atoms with Gasteiger partial charge in [-0.1, -0.05) is 118 Å². The van der Waals surface area contributed by atoms with Gasteiger partial charge in [-0.2, -0.15) is 0 Å². The lowest BCUT2D eigenvalue weighted by Crippen LogP contribution is -2.34. The maximum atomic E-state index is 10.0. The van der Waals surface area contributed by atoms with Crippen molar-refractivity contribution < 1.29 is 14.6 Å². The first kappa shape index (κ1) is 30.6. The number of carbonyl (C=O) groups is 1. The van der Waals surface area contributed by atoms with Crippen LogP contribution in [0.2, 0.25) is 0 Å². The van der Waals surface area contributed by atoms with Gasteiger partial charge in [-0.25, -0.2) is 0 Å². The fraction of sp³-hybridized carbons (Fsp3) is 0.960. The van der Waals surface area contributed by atoms with E-state index in [-0.39, 0.29) is 5.92 Å². The van der Waals surface area contributed by atoms with Crippen LogP contribution in [-0.4, -0.2) is 30.3 Å². The molecular weight excluding hydrogens is 362 g/mol. The van der Waals surface area contributed by atoms with Crippen molar-refractivity contribution in [2.75, 3.05) is 13.2 Å². The highest BCUT2D eigenvalue weighted by atomic mass is 16.5. The van der Waals surface area contributed by atoms with Crippen LogP contribution in [0.25, 0.3) is 0 Å². The predicted octanol–water partition coefficient (Wildman–Crippen LogP) is 7.34. The third-order valence-electron chi connectivity index (χ3n) is 5.29. The van der Waals surface area contributed by atoms with E-state index in [1.165, 1.54) is 103 Å². The van der Waals surface area contributed by atoms with Crippen LogP contribution in [0.1, 0.15) is 130 Å². The highest BCUT2D eigenvalue weighted by Crippen LogP contribution is 2.10. The summed E-state index contributed by atoms with van der Waals surface area (Å²) < 4.78 is 5.72. The summed E-state index contributed by atoms with van der Waals surface area (Å²) in [6.07, 6.45) is 22.2. The molecular formula is C25H53NO3. The predicted molar refractivity (Wildman–Crippen MR) is 126 cm³/mol. The minimum absolute atomic E-state index is 0.0208. The molecule has 0 aromatic rings. The summed E-state index contributed by atoms with van der Waals surface area (Å²) in [7, 11) is 0. The Kier molecular flexibility index (Phi) is 26.8. The van der Waals surface area contributed by atoms with Crippen LogP contribution in [-0.2, 0) is 9.53 Å².